The van der Waals surface area contributed by atoms with Gasteiger partial charge >= 0.3 is 0 Å². The second-order valence-corrected chi connectivity index (χ2v) is 5.89. The highest BCUT2D eigenvalue weighted by Crippen LogP contribution is 2.12. The summed E-state index contributed by atoms with van der Waals surface area (Å²) in [5.41, 5.74) is 2.75. The molecule has 0 aliphatic carbocycles. The van der Waals surface area contributed by atoms with Crippen LogP contribution < -0.4 is 10.2 Å². The summed E-state index contributed by atoms with van der Waals surface area (Å²) >= 11 is 0. The lowest BCUT2D eigenvalue weighted by molar-refractivity contribution is 0.0950. The summed E-state index contributed by atoms with van der Waals surface area (Å²) < 4.78 is 5.35. The molecule has 3 heterocycles. The molecule has 3 aromatic rings. The van der Waals surface area contributed by atoms with Crippen LogP contribution in [0.15, 0.2) is 42.9 Å². The molecule has 26 heavy (non-hydrogen) atoms. The number of anilines is 1. The zero-order valence-corrected chi connectivity index (χ0v) is 14.1. The van der Waals surface area contributed by atoms with Gasteiger partial charge in [-0.3, -0.25) is 14.8 Å². The van der Waals surface area contributed by atoms with Crippen molar-refractivity contribution in [3.63, 3.8) is 0 Å². The Morgan fingerprint density at radius 1 is 1.04 bits per heavy atom. The number of ether oxygens (including phenoxy) is 1. The van der Waals surface area contributed by atoms with Crippen molar-refractivity contribution >= 4 is 22.9 Å². The maximum Gasteiger partial charge on any atom is 0.251 e. The molecule has 0 atom stereocenters. The number of carbonyl (C=O) groups is 1. The molecule has 1 amide bonds. The highest BCUT2D eigenvalue weighted by Gasteiger charge is 2.14. The molecule has 1 aromatic carbocycles. The van der Waals surface area contributed by atoms with E-state index in [0.29, 0.717) is 36.8 Å². The lowest BCUT2D eigenvalue weighted by Gasteiger charge is -2.26. The molecular formula is C18H18N6O2. The molecule has 0 unspecified atom stereocenters. The number of rotatable bonds is 4. The number of nitrogens with zero attached hydrogens (tertiary/aromatic N) is 5. The first kappa shape index (κ1) is 16.3. The molecule has 1 aliphatic heterocycles. The second kappa shape index (κ2) is 7.40. The predicted octanol–water partition coefficient (Wildman–Crippen LogP) is 1.19. The van der Waals surface area contributed by atoms with Gasteiger partial charge in [-0.25, -0.2) is 9.97 Å². The molecule has 1 fully saturated rings. The third kappa shape index (κ3) is 3.60. The lowest BCUT2D eigenvalue weighted by atomic mass is 10.2. The molecule has 1 aliphatic rings. The number of morpholine rings is 1. The summed E-state index contributed by atoms with van der Waals surface area (Å²) in [5, 5.41) is 2.89. The van der Waals surface area contributed by atoms with Crippen molar-refractivity contribution in [1.82, 2.24) is 25.3 Å². The van der Waals surface area contributed by atoms with Gasteiger partial charge in [0.25, 0.3) is 5.91 Å². The SMILES string of the molecule is O=C(NCc1ccnc(N2CCOCC2)n1)c1ccc2nccnc2c1. The summed E-state index contributed by atoms with van der Waals surface area (Å²) in [6, 6.07) is 7.07. The minimum Gasteiger partial charge on any atom is -0.378 e. The van der Waals surface area contributed by atoms with Crippen LogP contribution in [0.2, 0.25) is 0 Å². The van der Waals surface area contributed by atoms with Gasteiger partial charge in [-0.15, -0.1) is 0 Å². The second-order valence-electron chi connectivity index (χ2n) is 5.89. The van der Waals surface area contributed by atoms with E-state index in [4.69, 9.17) is 4.74 Å². The Morgan fingerprint density at radius 2 is 1.85 bits per heavy atom. The first-order chi connectivity index (χ1) is 12.8. The molecule has 1 N–H and O–H groups in total. The molecule has 0 radical (unpaired) electrons. The van der Waals surface area contributed by atoms with Crippen LogP contribution in [0.25, 0.3) is 11.0 Å². The van der Waals surface area contributed by atoms with Crippen LogP contribution in [0.3, 0.4) is 0 Å². The minimum atomic E-state index is -0.177. The molecule has 132 valence electrons. The Kier molecular flexibility index (Phi) is 4.65. The van der Waals surface area contributed by atoms with E-state index in [1.807, 2.05) is 0 Å². The first-order valence-corrected chi connectivity index (χ1v) is 8.43. The maximum atomic E-state index is 12.4. The van der Waals surface area contributed by atoms with Crippen molar-refractivity contribution in [2.45, 2.75) is 6.54 Å². The predicted molar refractivity (Wildman–Crippen MR) is 95.8 cm³/mol. The molecule has 2 aromatic heterocycles. The fourth-order valence-electron chi connectivity index (χ4n) is 2.78. The zero-order chi connectivity index (χ0) is 17.8. The Bertz CT molecular complexity index is 926. The number of amides is 1. The van der Waals surface area contributed by atoms with Crippen LogP contribution >= 0.6 is 0 Å². The minimum absolute atomic E-state index is 0.177. The topological polar surface area (TPSA) is 93.1 Å². The van der Waals surface area contributed by atoms with E-state index in [0.717, 1.165) is 24.3 Å². The van der Waals surface area contributed by atoms with E-state index in [1.165, 1.54) is 0 Å². The van der Waals surface area contributed by atoms with E-state index >= 15 is 0 Å². The van der Waals surface area contributed by atoms with Crippen LogP contribution in [0.5, 0.6) is 0 Å². The number of hydrogen-bond acceptors (Lipinski definition) is 7. The van der Waals surface area contributed by atoms with Crippen LogP contribution in [0, 0.1) is 0 Å². The van der Waals surface area contributed by atoms with Crippen molar-refractivity contribution < 1.29 is 9.53 Å². The molecule has 0 spiro atoms. The van der Waals surface area contributed by atoms with E-state index in [-0.39, 0.29) is 5.91 Å². The zero-order valence-electron chi connectivity index (χ0n) is 14.1. The van der Waals surface area contributed by atoms with Gasteiger partial charge in [-0.1, -0.05) is 0 Å². The summed E-state index contributed by atoms with van der Waals surface area (Å²) in [7, 11) is 0. The Hall–Kier alpha value is -3.13. The maximum absolute atomic E-state index is 12.4. The summed E-state index contributed by atoms with van der Waals surface area (Å²) in [5.74, 6) is 0.491. The van der Waals surface area contributed by atoms with Gasteiger partial charge in [0.15, 0.2) is 0 Å². The number of nitrogens with one attached hydrogen (secondary N) is 1. The number of aromatic nitrogens is 4. The van der Waals surface area contributed by atoms with E-state index in [1.54, 1.807) is 42.9 Å². The number of benzene rings is 1. The number of hydrogen-bond donors (Lipinski definition) is 1. The van der Waals surface area contributed by atoms with Crippen LogP contribution in [-0.2, 0) is 11.3 Å². The third-order valence-corrected chi connectivity index (χ3v) is 4.16. The normalized spacial score (nSPS) is 14.4. The molecular weight excluding hydrogens is 332 g/mol. The van der Waals surface area contributed by atoms with Crippen LogP contribution in [0.1, 0.15) is 16.1 Å². The van der Waals surface area contributed by atoms with Gasteiger partial charge in [0.05, 0.1) is 36.5 Å². The van der Waals surface area contributed by atoms with Gasteiger partial charge in [0.1, 0.15) is 0 Å². The van der Waals surface area contributed by atoms with E-state index < -0.39 is 0 Å². The van der Waals surface area contributed by atoms with Gasteiger partial charge in [0.2, 0.25) is 5.95 Å². The van der Waals surface area contributed by atoms with Gasteiger partial charge in [-0.2, -0.15) is 0 Å². The van der Waals surface area contributed by atoms with Crippen molar-refractivity contribution in [3.8, 4) is 0 Å². The Labute approximate surface area is 150 Å². The van der Waals surface area contributed by atoms with Crippen molar-refractivity contribution in [1.29, 1.82) is 0 Å². The fraction of sp³-hybridized carbons (Fsp3) is 0.278. The third-order valence-electron chi connectivity index (χ3n) is 4.16. The highest BCUT2D eigenvalue weighted by atomic mass is 16.5. The lowest BCUT2D eigenvalue weighted by Crippen LogP contribution is -2.37. The molecule has 4 rings (SSSR count). The Balaban J connectivity index is 1.43. The summed E-state index contributed by atoms with van der Waals surface area (Å²) in [6.45, 7) is 3.23. The van der Waals surface area contributed by atoms with Crippen molar-refractivity contribution in [3.05, 3.63) is 54.1 Å². The largest absolute Gasteiger partial charge is 0.378 e. The first-order valence-electron chi connectivity index (χ1n) is 8.43. The summed E-state index contributed by atoms with van der Waals surface area (Å²) in [4.78, 5) is 31.8. The standard InChI is InChI=1S/C18H18N6O2/c25-17(13-1-2-15-16(11-13)20-6-5-19-15)22-12-14-3-4-21-18(23-14)24-7-9-26-10-8-24/h1-6,11H,7-10,12H2,(H,22,25). The van der Waals surface area contributed by atoms with Gasteiger partial charge < -0.3 is 15.0 Å². The van der Waals surface area contributed by atoms with E-state index in [9.17, 15) is 4.79 Å². The smallest absolute Gasteiger partial charge is 0.251 e. The van der Waals surface area contributed by atoms with Gasteiger partial charge in [-0.05, 0) is 24.3 Å². The average Bonchev–Trinajstić information content (AvgIpc) is 2.72. The Morgan fingerprint density at radius 3 is 2.69 bits per heavy atom. The summed E-state index contributed by atoms with van der Waals surface area (Å²) in [6.07, 6.45) is 4.95. The van der Waals surface area contributed by atoms with Crippen molar-refractivity contribution in [2.75, 3.05) is 31.2 Å². The van der Waals surface area contributed by atoms with E-state index in [2.05, 4.69) is 30.2 Å². The average molecular weight is 350 g/mol. The molecule has 0 bridgehead atoms. The number of fused-ring (bicyclic) bond motifs is 1. The number of carbonyl (C=O) groups excluding carboxylic acids is 1. The monoisotopic (exact) mass is 350 g/mol. The molecule has 8 heteroatoms. The van der Waals surface area contributed by atoms with Gasteiger partial charge in [0, 0.05) is 37.2 Å². The quantitative estimate of drug-likeness (QED) is 0.755. The fourth-order valence-corrected chi connectivity index (χ4v) is 2.78. The highest BCUT2D eigenvalue weighted by molar-refractivity contribution is 5.97. The van der Waals surface area contributed by atoms with Crippen molar-refractivity contribution in [2.24, 2.45) is 0 Å². The molecule has 0 saturated carbocycles. The van der Waals surface area contributed by atoms with Crippen LogP contribution in [-0.4, -0.2) is 52.1 Å². The molecule has 1 saturated heterocycles. The molecule has 8 nitrogen and oxygen atoms in total. The van der Waals surface area contributed by atoms with Crippen LogP contribution in [0.4, 0.5) is 5.95 Å².